The Hall–Kier alpha value is -0.900. The summed E-state index contributed by atoms with van der Waals surface area (Å²) in [7, 11) is 0. The smallest absolute Gasteiger partial charge is 0.216 e. The van der Waals surface area contributed by atoms with Crippen LogP contribution in [0.25, 0.3) is 0 Å². The van der Waals surface area contributed by atoms with Gasteiger partial charge in [-0.05, 0) is 38.3 Å². The van der Waals surface area contributed by atoms with Crippen LogP contribution in [-0.2, 0) is 12.8 Å². The average Bonchev–Trinajstić information content (AvgIpc) is 3.07. The molecule has 0 aliphatic heterocycles. The number of aromatic nitrogens is 2. The van der Waals surface area contributed by atoms with Crippen molar-refractivity contribution >= 4 is 0 Å². The Morgan fingerprint density at radius 1 is 1.11 bits per heavy atom. The monoisotopic (exact) mass is 265 g/mol. The summed E-state index contributed by atoms with van der Waals surface area (Å²) < 4.78 is 5.70. The van der Waals surface area contributed by atoms with Crippen molar-refractivity contribution in [3.8, 4) is 0 Å². The molecular weight excluding hydrogens is 238 g/mol. The van der Waals surface area contributed by atoms with Crippen molar-refractivity contribution < 1.29 is 4.42 Å². The first-order valence-corrected chi connectivity index (χ1v) is 7.90. The van der Waals surface area contributed by atoms with Gasteiger partial charge in [-0.25, -0.2) is 0 Å². The Balaban J connectivity index is 1.61. The molecule has 1 fully saturated rings. The summed E-state index contributed by atoms with van der Waals surface area (Å²) in [5.74, 6) is 2.54. The standard InChI is InChI=1S/C15H27N3O/c1-2-11-16-12-5-8-14-17-18-15(19-14)10-9-13-6-3-4-7-13/h13,16H,2-12H2,1H3. The van der Waals surface area contributed by atoms with E-state index >= 15 is 0 Å². The van der Waals surface area contributed by atoms with Gasteiger partial charge in [0, 0.05) is 12.8 Å². The molecular formula is C15H27N3O. The molecule has 1 N–H and O–H groups in total. The van der Waals surface area contributed by atoms with E-state index in [2.05, 4.69) is 22.4 Å². The Kier molecular flexibility index (Phi) is 6.34. The minimum Gasteiger partial charge on any atom is -0.425 e. The van der Waals surface area contributed by atoms with E-state index < -0.39 is 0 Å². The molecule has 0 atom stereocenters. The van der Waals surface area contributed by atoms with Crippen molar-refractivity contribution in [1.82, 2.24) is 15.5 Å². The fraction of sp³-hybridized carbons (Fsp3) is 0.867. The van der Waals surface area contributed by atoms with Crippen LogP contribution < -0.4 is 5.32 Å². The first-order chi connectivity index (χ1) is 9.38. The molecule has 0 unspecified atom stereocenters. The summed E-state index contributed by atoms with van der Waals surface area (Å²) in [4.78, 5) is 0. The highest BCUT2D eigenvalue weighted by atomic mass is 16.4. The van der Waals surface area contributed by atoms with Gasteiger partial charge in [0.05, 0.1) is 0 Å². The molecule has 19 heavy (non-hydrogen) atoms. The molecule has 1 aliphatic carbocycles. The Morgan fingerprint density at radius 3 is 2.58 bits per heavy atom. The normalized spacial score (nSPS) is 16.3. The average molecular weight is 265 g/mol. The fourth-order valence-electron chi connectivity index (χ4n) is 2.78. The quantitative estimate of drug-likeness (QED) is 0.697. The zero-order valence-electron chi connectivity index (χ0n) is 12.2. The molecule has 0 amide bonds. The van der Waals surface area contributed by atoms with Crippen LogP contribution in [0.5, 0.6) is 0 Å². The van der Waals surface area contributed by atoms with Crippen molar-refractivity contribution in [1.29, 1.82) is 0 Å². The van der Waals surface area contributed by atoms with E-state index in [0.29, 0.717) is 0 Å². The van der Waals surface area contributed by atoms with Crippen LogP contribution in [0.4, 0.5) is 0 Å². The van der Waals surface area contributed by atoms with Crippen LogP contribution in [0.1, 0.15) is 63.7 Å². The Labute approximate surface area is 116 Å². The van der Waals surface area contributed by atoms with Gasteiger partial charge in [0.15, 0.2) is 0 Å². The van der Waals surface area contributed by atoms with E-state index in [0.717, 1.165) is 50.1 Å². The van der Waals surface area contributed by atoms with Crippen LogP contribution in [0.2, 0.25) is 0 Å². The molecule has 1 saturated carbocycles. The topological polar surface area (TPSA) is 51.0 Å². The fourth-order valence-corrected chi connectivity index (χ4v) is 2.78. The Morgan fingerprint density at radius 2 is 1.84 bits per heavy atom. The van der Waals surface area contributed by atoms with Crippen molar-refractivity contribution in [3.05, 3.63) is 11.8 Å². The molecule has 108 valence electrons. The highest BCUT2D eigenvalue weighted by Gasteiger charge is 2.16. The molecule has 1 aliphatic rings. The van der Waals surface area contributed by atoms with Gasteiger partial charge in [-0.3, -0.25) is 0 Å². The van der Waals surface area contributed by atoms with Crippen LogP contribution in [-0.4, -0.2) is 23.3 Å². The van der Waals surface area contributed by atoms with Crippen molar-refractivity contribution in [3.63, 3.8) is 0 Å². The third-order valence-corrected chi connectivity index (χ3v) is 3.92. The zero-order chi connectivity index (χ0) is 13.3. The van der Waals surface area contributed by atoms with Gasteiger partial charge in [0.2, 0.25) is 11.8 Å². The lowest BCUT2D eigenvalue weighted by atomic mass is 10.0. The molecule has 0 aromatic carbocycles. The van der Waals surface area contributed by atoms with Crippen molar-refractivity contribution in [2.45, 2.75) is 64.7 Å². The molecule has 1 heterocycles. The highest BCUT2D eigenvalue weighted by molar-refractivity contribution is 4.84. The molecule has 0 spiro atoms. The lowest BCUT2D eigenvalue weighted by Gasteiger charge is -2.05. The van der Waals surface area contributed by atoms with Gasteiger partial charge < -0.3 is 9.73 Å². The first kappa shape index (κ1) is 14.5. The van der Waals surface area contributed by atoms with Gasteiger partial charge in [-0.2, -0.15) is 0 Å². The first-order valence-electron chi connectivity index (χ1n) is 7.90. The third kappa shape index (κ3) is 5.31. The number of hydrogen-bond donors (Lipinski definition) is 1. The van der Waals surface area contributed by atoms with E-state index in [1.54, 1.807) is 0 Å². The van der Waals surface area contributed by atoms with Crippen molar-refractivity contribution in [2.75, 3.05) is 13.1 Å². The summed E-state index contributed by atoms with van der Waals surface area (Å²) in [5.41, 5.74) is 0. The van der Waals surface area contributed by atoms with Gasteiger partial charge in [0.25, 0.3) is 0 Å². The molecule has 1 aromatic rings. The summed E-state index contributed by atoms with van der Waals surface area (Å²) in [6.07, 6.45) is 10.9. The van der Waals surface area contributed by atoms with Crippen LogP contribution in [0, 0.1) is 5.92 Å². The zero-order valence-corrected chi connectivity index (χ0v) is 12.2. The third-order valence-electron chi connectivity index (χ3n) is 3.92. The number of nitrogens with one attached hydrogen (secondary N) is 1. The minimum absolute atomic E-state index is 0.805. The summed E-state index contributed by atoms with van der Waals surface area (Å²) in [6, 6.07) is 0. The molecule has 4 nitrogen and oxygen atoms in total. The van der Waals surface area contributed by atoms with E-state index in [9.17, 15) is 0 Å². The van der Waals surface area contributed by atoms with Crippen LogP contribution in [0.3, 0.4) is 0 Å². The molecule has 1 aromatic heterocycles. The molecule has 0 saturated heterocycles. The lowest BCUT2D eigenvalue weighted by Crippen LogP contribution is -2.16. The second kappa shape index (κ2) is 8.31. The molecule has 0 radical (unpaired) electrons. The van der Waals surface area contributed by atoms with Gasteiger partial charge in [-0.1, -0.05) is 32.6 Å². The number of nitrogens with zero attached hydrogens (tertiary/aromatic N) is 2. The second-order valence-electron chi connectivity index (χ2n) is 5.63. The summed E-state index contributed by atoms with van der Waals surface area (Å²) >= 11 is 0. The maximum atomic E-state index is 5.70. The van der Waals surface area contributed by atoms with E-state index in [4.69, 9.17) is 4.42 Å². The second-order valence-corrected chi connectivity index (χ2v) is 5.63. The van der Waals surface area contributed by atoms with Gasteiger partial charge >= 0.3 is 0 Å². The predicted molar refractivity (Wildman–Crippen MR) is 76.1 cm³/mol. The lowest BCUT2D eigenvalue weighted by molar-refractivity contribution is 0.412. The molecule has 2 rings (SSSR count). The molecule has 4 heteroatoms. The Bertz CT molecular complexity index is 345. The summed E-state index contributed by atoms with van der Waals surface area (Å²) in [5, 5.41) is 11.7. The number of aryl methyl sites for hydroxylation is 2. The molecule has 0 bridgehead atoms. The van der Waals surface area contributed by atoms with Crippen LogP contribution >= 0.6 is 0 Å². The maximum Gasteiger partial charge on any atom is 0.216 e. The van der Waals surface area contributed by atoms with Crippen LogP contribution in [0.15, 0.2) is 4.42 Å². The minimum atomic E-state index is 0.805. The van der Waals surface area contributed by atoms with Gasteiger partial charge in [0.1, 0.15) is 0 Å². The van der Waals surface area contributed by atoms with E-state index in [1.807, 2.05) is 0 Å². The number of hydrogen-bond acceptors (Lipinski definition) is 4. The van der Waals surface area contributed by atoms with E-state index in [1.165, 1.54) is 38.5 Å². The highest BCUT2D eigenvalue weighted by Crippen LogP contribution is 2.28. The largest absolute Gasteiger partial charge is 0.425 e. The van der Waals surface area contributed by atoms with E-state index in [-0.39, 0.29) is 0 Å². The van der Waals surface area contributed by atoms with Gasteiger partial charge in [-0.15, -0.1) is 10.2 Å². The maximum absolute atomic E-state index is 5.70. The predicted octanol–water partition coefficient (Wildman–Crippen LogP) is 3.12. The SMILES string of the molecule is CCCNCCCc1nnc(CCC2CCCC2)o1. The number of rotatable bonds is 9. The van der Waals surface area contributed by atoms with Crippen molar-refractivity contribution in [2.24, 2.45) is 5.92 Å². The summed E-state index contributed by atoms with van der Waals surface area (Å²) in [6.45, 7) is 4.31.